The number of carbonyl (C=O) groups is 1. The molecule has 0 aliphatic carbocycles. The van der Waals surface area contributed by atoms with E-state index < -0.39 is 36.9 Å². The van der Waals surface area contributed by atoms with Crippen LogP contribution in [0.4, 0.5) is 5.95 Å². The molecule has 2 N–H and O–H groups in total. The third-order valence-corrected chi connectivity index (χ3v) is 6.22. The van der Waals surface area contributed by atoms with E-state index in [-0.39, 0.29) is 6.04 Å². The van der Waals surface area contributed by atoms with Crippen LogP contribution in [0, 0.1) is 0 Å². The summed E-state index contributed by atoms with van der Waals surface area (Å²) >= 11 is 0. The van der Waals surface area contributed by atoms with Gasteiger partial charge >= 0.3 is 7.12 Å². The summed E-state index contributed by atoms with van der Waals surface area (Å²) in [5.74, 6) is 0.106. The zero-order chi connectivity index (χ0) is 21.4. The molecule has 1 aromatic rings. The van der Waals surface area contributed by atoms with Gasteiger partial charge in [-0.05, 0) is 40.5 Å². The largest absolute Gasteiger partial charge is 0.498 e. The van der Waals surface area contributed by atoms with Gasteiger partial charge in [0.25, 0.3) is 5.91 Å². The molecule has 0 saturated carbocycles. The normalized spacial score (nSPS) is 24.4. The molecule has 0 radical (unpaired) electrons. The van der Waals surface area contributed by atoms with Crippen LogP contribution in [-0.4, -0.2) is 88.2 Å². The summed E-state index contributed by atoms with van der Waals surface area (Å²) in [5, 5.41) is 18.6. The van der Waals surface area contributed by atoms with Gasteiger partial charge in [0.2, 0.25) is 5.95 Å². The maximum atomic E-state index is 12.2. The van der Waals surface area contributed by atoms with Gasteiger partial charge in [-0.25, -0.2) is 9.97 Å². The summed E-state index contributed by atoms with van der Waals surface area (Å²) in [6, 6.07) is -0.0798. The average molecular weight is 406 g/mol. The number of aromatic nitrogens is 2. The molecule has 2 aliphatic rings. The highest BCUT2D eigenvalue weighted by molar-refractivity contribution is 6.61. The van der Waals surface area contributed by atoms with E-state index in [0.29, 0.717) is 12.5 Å². The fourth-order valence-corrected chi connectivity index (χ4v) is 3.54. The van der Waals surface area contributed by atoms with E-state index in [1.54, 1.807) is 19.4 Å². The molecule has 29 heavy (non-hydrogen) atoms. The first kappa shape index (κ1) is 22.0. The Morgan fingerprint density at radius 2 is 1.90 bits per heavy atom. The molecule has 9 nitrogen and oxygen atoms in total. The molecule has 0 bridgehead atoms. The molecular weight excluding hydrogens is 375 g/mol. The molecule has 3 heterocycles. The summed E-state index contributed by atoms with van der Waals surface area (Å²) in [6.07, 6.45) is 3.76. The first-order valence-corrected chi connectivity index (χ1v) is 10.0. The Balaban J connectivity index is 1.66. The van der Waals surface area contributed by atoms with E-state index in [1.165, 1.54) is 4.90 Å². The van der Waals surface area contributed by atoms with Crippen molar-refractivity contribution in [3.05, 3.63) is 12.4 Å². The van der Waals surface area contributed by atoms with Gasteiger partial charge in [0.05, 0.1) is 17.8 Å². The summed E-state index contributed by atoms with van der Waals surface area (Å²) in [7, 11) is 1.14. The number of hydrogen-bond donors (Lipinski definition) is 2. The molecule has 2 atom stereocenters. The van der Waals surface area contributed by atoms with Crippen LogP contribution >= 0.6 is 0 Å². The summed E-state index contributed by atoms with van der Waals surface area (Å²) < 4.78 is 12.1. The van der Waals surface area contributed by atoms with Crippen LogP contribution < -0.4 is 10.4 Å². The van der Waals surface area contributed by atoms with Crippen molar-refractivity contribution in [2.45, 2.75) is 63.9 Å². The zero-order valence-electron chi connectivity index (χ0n) is 17.8. The van der Waals surface area contributed by atoms with E-state index in [4.69, 9.17) is 14.4 Å². The molecule has 1 amide bonds. The Kier molecular flexibility index (Phi) is 6.19. The smallest absolute Gasteiger partial charge is 0.399 e. The van der Waals surface area contributed by atoms with Crippen LogP contribution in [-0.2, 0) is 14.1 Å². The van der Waals surface area contributed by atoms with Crippen molar-refractivity contribution in [2.24, 2.45) is 0 Å². The number of aliphatic hydroxyl groups excluding tert-OH is 2. The van der Waals surface area contributed by atoms with Crippen LogP contribution in [0.15, 0.2) is 12.4 Å². The highest BCUT2D eigenvalue weighted by Crippen LogP contribution is 2.36. The number of amides is 1. The van der Waals surface area contributed by atoms with Crippen molar-refractivity contribution >= 4 is 24.4 Å². The van der Waals surface area contributed by atoms with Crippen molar-refractivity contribution in [3.63, 3.8) is 0 Å². The molecule has 160 valence electrons. The summed E-state index contributed by atoms with van der Waals surface area (Å²) in [5.41, 5.74) is -0.0846. The van der Waals surface area contributed by atoms with Crippen molar-refractivity contribution < 1.29 is 24.3 Å². The van der Waals surface area contributed by atoms with Crippen LogP contribution in [0.3, 0.4) is 0 Å². The molecule has 0 spiro atoms. The van der Waals surface area contributed by atoms with Gasteiger partial charge in [-0.1, -0.05) is 0 Å². The molecule has 2 saturated heterocycles. The van der Waals surface area contributed by atoms with E-state index in [1.807, 2.05) is 32.6 Å². The van der Waals surface area contributed by atoms with Crippen molar-refractivity contribution in [3.8, 4) is 0 Å². The summed E-state index contributed by atoms with van der Waals surface area (Å²) in [4.78, 5) is 24.7. The zero-order valence-corrected chi connectivity index (χ0v) is 17.8. The minimum absolute atomic E-state index is 0.0798. The third-order valence-electron chi connectivity index (χ3n) is 6.22. The maximum absolute atomic E-state index is 12.2. The van der Waals surface area contributed by atoms with Crippen LogP contribution in [0.1, 0.15) is 40.5 Å². The Morgan fingerprint density at radius 3 is 2.45 bits per heavy atom. The number of aliphatic hydroxyl groups is 2. The highest BCUT2D eigenvalue weighted by Gasteiger charge is 2.52. The van der Waals surface area contributed by atoms with E-state index in [0.717, 1.165) is 24.8 Å². The van der Waals surface area contributed by atoms with Crippen LogP contribution in [0.2, 0.25) is 0 Å². The van der Waals surface area contributed by atoms with Gasteiger partial charge in [0, 0.05) is 44.0 Å². The second kappa shape index (κ2) is 8.18. The molecule has 3 rings (SSSR count). The number of likely N-dealkylation sites (N-methyl/N-ethyl adjacent to an activating group) is 1. The van der Waals surface area contributed by atoms with E-state index in [2.05, 4.69) is 9.97 Å². The minimum atomic E-state index is -1.38. The summed E-state index contributed by atoms with van der Waals surface area (Å²) in [6.45, 7) is 8.78. The SMILES string of the molecule is CN(C(=O)[C@H](O)CO)[C@H]1CCCN(c2ncc(B3OC(C)(C)C(C)(C)O3)cn2)C1. The topological polar surface area (TPSA) is 108 Å². The van der Waals surface area contributed by atoms with Gasteiger partial charge in [0.15, 0.2) is 6.10 Å². The average Bonchev–Trinajstić information content (AvgIpc) is 2.93. The van der Waals surface area contributed by atoms with Gasteiger partial charge in [-0.3, -0.25) is 4.79 Å². The molecule has 2 aliphatic heterocycles. The fourth-order valence-electron chi connectivity index (χ4n) is 3.54. The fraction of sp³-hybridized carbons (Fsp3) is 0.737. The number of carbonyl (C=O) groups excluding carboxylic acids is 1. The predicted octanol–water partition coefficient (Wildman–Crippen LogP) is -0.444. The first-order valence-electron chi connectivity index (χ1n) is 10.0. The lowest BCUT2D eigenvalue weighted by atomic mass is 9.81. The van der Waals surface area contributed by atoms with Gasteiger partial charge in [-0.2, -0.15) is 0 Å². The van der Waals surface area contributed by atoms with Crippen molar-refractivity contribution in [1.29, 1.82) is 0 Å². The Morgan fingerprint density at radius 1 is 1.31 bits per heavy atom. The lowest BCUT2D eigenvalue weighted by molar-refractivity contribution is -0.143. The molecule has 2 fully saturated rings. The third kappa shape index (κ3) is 4.40. The van der Waals surface area contributed by atoms with Crippen molar-refractivity contribution in [1.82, 2.24) is 14.9 Å². The Hall–Kier alpha value is -1.75. The first-order chi connectivity index (χ1) is 13.6. The number of rotatable bonds is 5. The molecule has 0 unspecified atom stereocenters. The molecule has 0 aromatic carbocycles. The quantitative estimate of drug-likeness (QED) is 0.634. The standard InChI is InChI=1S/C19H31BN4O5/c1-18(2)19(3,4)29-20(28-18)13-9-21-17(22-10-13)24-8-6-7-14(11-24)23(5)16(27)15(26)12-25/h9-10,14-15,25-26H,6-8,11-12H2,1-5H3/t14-,15+/m0/s1. The molecule has 10 heteroatoms. The van der Waals surface area contributed by atoms with Crippen molar-refractivity contribution in [2.75, 3.05) is 31.6 Å². The lowest BCUT2D eigenvalue weighted by Gasteiger charge is -2.38. The Bertz CT molecular complexity index is 714. The van der Waals surface area contributed by atoms with E-state index in [9.17, 15) is 9.90 Å². The number of piperidine rings is 1. The maximum Gasteiger partial charge on any atom is 0.498 e. The minimum Gasteiger partial charge on any atom is -0.399 e. The van der Waals surface area contributed by atoms with Gasteiger partial charge < -0.3 is 29.3 Å². The monoisotopic (exact) mass is 406 g/mol. The van der Waals surface area contributed by atoms with Gasteiger partial charge in [0.1, 0.15) is 0 Å². The second-order valence-electron chi connectivity index (χ2n) is 8.79. The lowest BCUT2D eigenvalue weighted by Crippen LogP contribution is -2.52. The highest BCUT2D eigenvalue weighted by atomic mass is 16.7. The van der Waals surface area contributed by atoms with E-state index >= 15 is 0 Å². The Labute approximate surface area is 172 Å². The van der Waals surface area contributed by atoms with Crippen LogP contribution in [0.5, 0.6) is 0 Å². The second-order valence-corrected chi connectivity index (χ2v) is 8.79. The number of hydrogen-bond acceptors (Lipinski definition) is 8. The molecular formula is C19H31BN4O5. The van der Waals surface area contributed by atoms with Gasteiger partial charge in [-0.15, -0.1) is 0 Å². The number of anilines is 1. The predicted molar refractivity (Wildman–Crippen MR) is 109 cm³/mol. The number of nitrogens with zero attached hydrogens (tertiary/aromatic N) is 4. The molecule has 1 aromatic heterocycles. The van der Waals surface area contributed by atoms with Crippen LogP contribution in [0.25, 0.3) is 0 Å².